The normalized spacial score (nSPS) is 15.4. The van der Waals surface area contributed by atoms with Crippen LogP contribution in [-0.4, -0.2) is 36.7 Å². The summed E-state index contributed by atoms with van der Waals surface area (Å²) in [5, 5.41) is 1.00. The van der Waals surface area contributed by atoms with Crippen LogP contribution in [0.15, 0.2) is 83.9 Å². The number of aromatic amines is 1. The molecule has 0 fully saturated rings. The largest absolute Gasteiger partial charge is 0.361 e. The number of carbonyl (C=O) groups excluding carboxylic acids is 2. The Kier molecular flexibility index (Phi) is 5.88. The van der Waals surface area contributed by atoms with Gasteiger partial charge in [0.05, 0.1) is 10.9 Å². The molecule has 2 heterocycles. The Labute approximate surface area is 203 Å². The smallest absolute Gasteiger partial charge is 0.257 e. The van der Waals surface area contributed by atoms with Gasteiger partial charge in [-0.05, 0) is 36.8 Å². The number of hydrogen-bond acceptors (Lipinski definition) is 4. The van der Waals surface area contributed by atoms with E-state index < -0.39 is 15.9 Å². The van der Waals surface area contributed by atoms with Crippen molar-refractivity contribution in [2.45, 2.75) is 24.3 Å². The molecule has 0 saturated carbocycles. The van der Waals surface area contributed by atoms with Crippen molar-refractivity contribution in [2.75, 3.05) is 6.54 Å². The molecule has 4 aromatic rings. The topological polar surface area (TPSA) is 111 Å². The highest BCUT2D eigenvalue weighted by molar-refractivity contribution is 7.89. The number of amides is 2. The van der Waals surface area contributed by atoms with Crippen LogP contribution in [0, 0.1) is 6.92 Å². The van der Waals surface area contributed by atoms with E-state index in [-0.39, 0.29) is 29.8 Å². The number of para-hydroxylation sites is 1. The van der Waals surface area contributed by atoms with Gasteiger partial charge in [0.25, 0.3) is 15.9 Å². The Bertz CT molecular complexity index is 1530. The molecule has 1 aliphatic heterocycles. The molecule has 2 amide bonds. The third-order valence-electron chi connectivity index (χ3n) is 6.21. The number of aryl methyl sites for hydroxylation is 1. The molecule has 178 valence electrons. The average molecular weight is 489 g/mol. The fourth-order valence-electron chi connectivity index (χ4n) is 4.44. The van der Waals surface area contributed by atoms with E-state index in [2.05, 4.69) is 15.2 Å². The fourth-order valence-corrected chi connectivity index (χ4v) is 5.30. The quantitative estimate of drug-likeness (QED) is 0.346. The van der Waals surface area contributed by atoms with E-state index in [0.717, 1.165) is 27.6 Å². The summed E-state index contributed by atoms with van der Waals surface area (Å²) in [6, 6.07) is 21.2. The molecule has 0 spiro atoms. The summed E-state index contributed by atoms with van der Waals surface area (Å²) in [5.41, 5.74) is 6.56. The predicted octanol–water partition coefficient (Wildman–Crippen LogP) is 3.42. The van der Waals surface area contributed by atoms with Crippen LogP contribution in [0.25, 0.3) is 10.9 Å². The number of nitrogens with one attached hydrogen (secondary N) is 3. The van der Waals surface area contributed by atoms with Crippen LogP contribution >= 0.6 is 0 Å². The number of sulfonamides is 1. The zero-order chi connectivity index (χ0) is 24.6. The van der Waals surface area contributed by atoms with Crippen LogP contribution < -0.4 is 10.3 Å². The maximum atomic E-state index is 13.3. The first-order valence-electron chi connectivity index (χ1n) is 11.2. The predicted molar refractivity (Wildman–Crippen MR) is 132 cm³/mol. The van der Waals surface area contributed by atoms with Crippen molar-refractivity contribution in [3.05, 3.63) is 101 Å². The van der Waals surface area contributed by atoms with Gasteiger partial charge in [-0.3, -0.25) is 15.0 Å². The fraction of sp³-hybridized carbons (Fsp3) is 0.154. The minimum atomic E-state index is -3.90. The molecular formula is C26H24N4O4S. The van der Waals surface area contributed by atoms with Gasteiger partial charge in [-0.15, -0.1) is 4.83 Å². The lowest BCUT2D eigenvalue weighted by Gasteiger charge is -2.25. The van der Waals surface area contributed by atoms with E-state index in [1.807, 2.05) is 55.6 Å². The monoisotopic (exact) mass is 488 g/mol. The molecule has 0 aliphatic carbocycles. The van der Waals surface area contributed by atoms with E-state index in [0.29, 0.717) is 5.56 Å². The molecule has 35 heavy (non-hydrogen) atoms. The highest BCUT2D eigenvalue weighted by Gasteiger charge is 2.38. The molecule has 0 saturated heterocycles. The number of nitrogens with zero attached hydrogens (tertiary/aromatic N) is 1. The molecule has 1 unspecified atom stereocenters. The van der Waals surface area contributed by atoms with Crippen LogP contribution in [-0.2, 0) is 14.8 Å². The lowest BCUT2D eigenvalue weighted by molar-refractivity contribution is -0.121. The van der Waals surface area contributed by atoms with Crippen LogP contribution in [0.1, 0.15) is 39.5 Å². The lowest BCUT2D eigenvalue weighted by Crippen LogP contribution is -2.43. The first-order chi connectivity index (χ1) is 16.8. The van der Waals surface area contributed by atoms with E-state index in [1.165, 1.54) is 12.1 Å². The molecule has 3 N–H and O–H groups in total. The number of rotatable bonds is 7. The maximum absolute atomic E-state index is 13.3. The molecular weight excluding hydrogens is 464 g/mol. The second-order valence-electron chi connectivity index (χ2n) is 8.49. The molecule has 1 aromatic heterocycles. The summed E-state index contributed by atoms with van der Waals surface area (Å²) in [7, 11) is -3.90. The minimum Gasteiger partial charge on any atom is -0.361 e. The van der Waals surface area contributed by atoms with E-state index >= 15 is 0 Å². The van der Waals surface area contributed by atoms with Crippen molar-refractivity contribution < 1.29 is 18.0 Å². The van der Waals surface area contributed by atoms with E-state index in [4.69, 9.17) is 0 Å². The zero-order valence-electron chi connectivity index (χ0n) is 19.0. The Morgan fingerprint density at radius 2 is 1.69 bits per heavy atom. The molecule has 0 bridgehead atoms. The van der Waals surface area contributed by atoms with Crippen molar-refractivity contribution in [2.24, 2.45) is 0 Å². The number of aromatic nitrogens is 1. The third kappa shape index (κ3) is 4.31. The summed E-state index contributed by atoms with van der Waals surface area (Å²) < 4.78 is 24.9. The van der Waals surface area contributed by atoms with Crippen LogP contribution in [0.2, 0.25) is 0 Å². The highest BCUT2D eigenvalue weighted by atomic mass is 32.2. The van der Waals surface area contributed by atoms with Gasteiger partial charge in [-0.1, -0.05) is 54.1 Å². The zero-order valence-corrected chi connectivity index (χ0v) is 19.8. The van der Waals surface area contributed by atoms with Gasteiger partial charge >= 0.3 is 0 Å². The second-order valence-corrected chi connectivity index (χ2v) is 10.2. The Hall–Kier alpha value is -3.95. The average Bonchev–Trinajstić information content (AvgIpc) is 3.40. The molecule has 0 radical (unpaired) electrons. The van der Waals surface area contributed by atoms with Gasteiger partial charge in [-0.25, -0.2) is 8.42 Å². The maximum Gasteiger partial charge on any atom is 0.257 e. The number of hydrogen-bond donors (Lipinski definition) is 3. The van der Waals surface area contributed by atoms with Crippen LogP contribution in [0.3, 0.4) is 0 Å². The first kappa shape index (κ1) is 22.8. The Morgan fingerprint density at radius 1 is 0.971 bits per heavy atom. The SMILES string of the molecule is Cc1ccc(S(=O)(=O)NNC(=O)CCN2C(=O)c3ccccc3C2c2c[nH]c3ccccc23)cc1. The van der Waals surface area contributed by atoms with Gasteiger partial charge in [0.2, 0.25) is 5.91 Å². The number of benzene rings is 3. The Morgan fingerprint density at radius 3 is 2.49 bits per heavy atom. The van der Waals surface area contributed by atoms with E-state index in [1.54, 1.807) is 23.1 Å². The summed E-state index contributed by atoms with van der Waals surface area (Å²) in [6.07, 6.45) is 1.82. The summed E-state index contributed by atoms with van der Waals surface area (Å²) in [4.78, 5) is 32.9. The van der Waals surface area contributed by atoms with Gasteiger partial charge < -0.3 is 9.88 Å². The van der Waals surface area contributed by atoms with Gasteiger partial charge in [0, 0.05) is 41.2 Å². The molecule has 1 atom stereocenters. The third-order valence-corrected chi connectivity index (χ3v) is 7.47. The Balaban J connectivity index is 1.33. The van der Waals surface area contributed by atoms with Crippen molar-refractivity contribution in [1.82, 2.24) is 20.1 Å². The molecule has 9 heteroatoms. The van der Waals surface area contributed by atoms with Crippen molar-refractivity contribution in [1.29, 1.82) is 0 Å². The number of hydrazine groups is 1. The van der Waals surface area contributed by atoms with Gasteiger partial charge in [0.1, 0.15) is 0 Å². The first-order valence-corrected chi connectivity index (χ1v) is 12.7. The lowest BCUT2D eigenvalue weighted by atomic mass is 9.97. The molecule has 3 aromatic carbocycles. The number of fused-ring (bicyclic) bond motifs is 2. The standard InChI is InChI=1S/C26H24N4O4S/c1-17-10-12-18(13-11-17)35(33,34)29-28-24(31)14-15-30-25(20-7-2-3-8-21(20)26(30)32)22-16-27-23-9-5-4-6-19(22)23/h2-13,16,25,27,29H,14-15H2,1H3,(H,28,31). The highest BCUT2D eigenvalue weighted by Crippen LogP contribution is 2.41. The molecule has 8 nitrogen and oxygen atoms in total. The van der Waals surface area contributed by atoms with Gasteiger partial charge in [0.15, 0.2) is 0 Å². The summed E-state index contributed by atoms with van der Waals surface area (Å²) >= 11 is 0. The van der Waals surface area contributed by atoms with Crippen LogP contribution in [0.4, 0.5) is 0 Å². The van der Waals surface area contributed by atoms with Crippen LogP contribution in [0.5, 0.6) is 0 Å². The second kappa shape index (κ2) is 9.01. The minimum absolute atomic E-state index is 0.0490. The van der Waals surface area contributed by atoms with Crippen molar-refractivity contribution in [3.63, 3.8) is 0 Å². The summed E-state index contributed by atoms with van der Waals surface area (Å²) in [5.74, 6) is -0.703. The van der Waals surface area contributed by atoms with E-state index in [9.17, 15) is 18.0 Å². The molecule has 5 rings (SSSR count). The van der Waals surface area contributed by atoms with Crippen molar-refractivity contribution in [3.8, 4) is 0 Å². The van der Waals surface area contributed by atoms with Gasteiger partial charge in [-0.2, -0.15) is 0 Å². The van der Waals surface area contributed by atoms with Crippen molar-refractivity contribution >= 4 is 32.7 Å². The number of H-pyrrole nitrogens is 1. The molecule has 1 aliphatic rings. The number of carbonyl (C=O) groups is 2. The summed E-state index contributed by atoms with van der Waals surface area (Å²) in [6.45, 7) is 1.98.